The van der Waals surface area contributed by atoms with Gasteiger partial charge < -0.3 is 14.2 Å². The first-order valence-corrected chi connectivity index (χ1v) is 12.9. The van der Waals surface area contributed by atoms with E-state index in [0.717, 1.165) is 9.80 Å². The Morgan fingerprint density at radius 1 is 0.949 bits per heavy atom. The number of rotatable bonds is 6. The summed E-state index contributed by atoms with van der Waals surface area (Å²) in [6.07, 6.45) is -3.03. The molecule has 0 saturated carbocycles. The molecule has 0 N–H and O–H groups in total. The number of fused-ring (bicyclic) bond motifs is 1. The molecule has 0 aliphatic carbocycles. The van der Waals surface area contributed by atoms with E-state index in [1.165, 1.54) is 12.1 Å². The molecular weight excluding hydrogens is 504 g/mol. The first kappa shape index (κ1) is 26.6. The van der Waals surface area contributed by atoms with Crippen molar-refractivity contribution in [2.75, 3.05) is 6.61 Å². The first-order valence-electron chi connectivity index (χ1n) is 12.9. The molecule has 0 spiro atoms. The van der Waals surface area contributed by atoms with Crippen LogP contribution >= 0.6 is 0 Å². The number of carbonyl (C=O) groups excluding carboxylic acids is 5. The molecular formula is C29H30N2O8. The quantitative estimate of drug-likeness (QED) is 0.406. The molecule has 0 aromatic heterocycles. The summed E-state index contributed by atoms with van der Waals surface area (Å²) in [6.45, 7) is 7.21. The van der Waals surface area contributed by atoms with Gasteiger partial charge in [-0.25, -0.2) is 14.5 Å². The fraction of sp³-hybridized carbons (Fsp3) is 0.414. The Kier molecular flexibility index (Phi) is 6.76. The first-order chi connectivity index (χ1) is 18.5. The van der Waals surface area contributed by atoms with Gasteiger partial charge in [-0.3, -0.25) is 19.3 Å². The van der Waals surface area contributed by atoms with Gasteiger partial charge >= 0.3 is 12.1 Å². The summed E-state index contributed by atoms with van der Waals surface area (Å²) in [5.41, 5.74) is 0.421. The molecule has 5 rings (SSSR count). The van der Waals surface area contributed by atoms with Crippen LogP contribution in [0.4, 0.5) is 4.79 Å². The van der Waals surface area contributed by atoms with Gasteiger partial charge in [0.2, 0.25) is 6.29 Å². The minimum absolute atomic E-state index is 0.0360. The summed E-state index contributed by atoms with van der Waals surface area (Å²) < 4.78 is 16.6. The molecule has 0 radical (unpaired) electrons. The fourth-order valence-electron chi connectivity index (χ4n) is 5.34. The van der Waals surface area contributed by atoms with Crippen molar-refractivity contribution >= 4 is 29.8 Å². The second-order valence-corrected chi connectivity index (χ2v) is 11.0. The summed E-state index contributed by atoms with van der Waals surface area (Å²) in [4.78, 5) is 68.3. The molecule has 2 fully saturated rings. The molecule has 4 amide bonds. The minimum Gasteiger partial charge on any atom is -0.463 e. The number of nitrogens with zero attached hydrogens (tertiary/aromatic N) is 2. The summed E-state index contributed by atoms with van der Waals surface area (Å²) in [7, 11) is 0. The summed E-state index contributed by atoms with van der Waals surface area (Å²) in [5.74, 6) is -2.97. The van der Waals surface area contributed by atoms with Gasteiger partial charge in [0.1, 0.15) is 6.04 Å². The number of amides is 4. The fourth-order valence-corrected chi connectivity index (χ4v) is 5.34. The molecule has 3 heterocycles. The largest absolute Gasteiger partial charge is 0.463 e. The van der Waals surface area contributed by atoms with Crippen LogP contribution < -0.4 is 0 Å². The Morgan fingerprint density at radius 2 is 1.54 bits per heavy atom. The van der Waals surface area contributed by atoms with Crippen LogP contribution in [0.2, 0.25) is 0 Å². The summed E-state index contributed by atoms with van der Waals surface area (Å²) >= 11 is 0. The van der Waals surface area contributed by atoms with Crippen molar-refractivity contribution in [2.24, 2.45) is 11.3 Å². The van der Waals surface area contributed by atoms with E-state index in [1.807, 2.05) is 13.8 Å². The molecule has 10 heteroatoms. The summed E-state index contributed by atoms with van der Waals surface area (Å²) in [5, 5.41) is 0. The highest BCUT2D eigenvalue weighted by Crippen LogP contribution is 2.39. The molecule has 2 saturated heterocycles. The molecule has 2 aromatic carbocycles. The highest BCUT2D eigenvalue weighted by Gasteiger charge is 2.52. The van der Waals surface area contributed by atoms with Gasteiger partial charge in [0.05, 0.1) is 23.8 Å². The van der Waals surface area contributed by atoms with Crippen molar-refractivity contribution in [2.45, 2.75) is 58.6 Å². The Balaban J connectivity index is 1.47. The Bertz CT molecular complexity index is 1300. The number of ether oxygens (including phenoxy) is 3. The van der Waals surface area contributed by atoms with Gasteiger partial charge in [0, 0.05) is 11.8 Å². The SMILES string of the molecule is CC(C)[C@@H](C(=O)N1C(=O)O[C@@H](O[C@H]2C(=O)OCC2(C)C)C[C@@H]1c1ccccc1)N1C(=O)c2ccccc2C1=O. The zero-order valence-electron chi connectivity index (χ0n) is 22.2. The van der Waals surface area contributed by atoms with Crippen molar-refractivity contribution in [1.29, 1.82) is 0 Å². The number of imide groups is 2. The van der Waals surface area contributed by atoms with Crippen LogP contribution in [0, 0.1) is 11.3 Å². The van der Waals surface area contributed by atoms with Crippen LogP contribution in [-0.2, 0) is 23.8 Å². The number of hydrogen-bond donors (Lipinski definition) is 0. The zero-order chi connectivity index (χ0) is 28.1. The molecule has 0 unspecified atom stereocenters. The van der Waals surface area contributed by atoms with Crippen LogP contribution in [0.3, 0.4) is 0 Å². The standard InChI is InChI=1S/C29H30N2O8/c1-16(2)22(31-24(32)18-12-8-9-13-19(18)25(31)33)26(34)30-20(17-10-6-5-7-11-17)14-21(39-28(30)36)38-23-27(35)37-15-29(23,3)4/h5-13,16,20-23H,14-15H2,1-4H3/t20-,21-,22+,23+/m1/s1. The van der Waals surface area contributed by atoms with Gasteiger partial charge in [0.15, 0.2) is 6.10 Å². The van der Waals surface area contributed by atoms with Gasteiger partial charge in [-0.05, 0) is 23.6 Å². The van der Waals surface area contributed by atoms with E-state index in [9.17, 15) is 24.0 Å². The third-order valence-corrected chi connectivity index (χ3v) is 7.36. The molecule has 10 nitrogen and oxygen atoms in total. The normalized spacial score (nSPS) is 25.0. The van der Waals surface area contributed by atoms with E-state index in [-0.39, 0.29) is 24.2 Å². The lowest BCUT2D eigenvalue weighted by Crippen LogP contribution is -2.58. The number of esters is 1. The molecule has 4 atom stereocenters. The lowest BCUT2D eigenvalue weighted by Gasteiger charge is -2.41. The average Bonchev–Trinajstić information content (AvgIpc) is 3.31. The monoisotopic (exact) mass is 534 g/mol. The average molecular weight is 535 g/mol. The Hall–Kier alpha value is -4.05. The maximum atomic E-state index is 14.1. The van der Waals surface area contributed by atoms with Crippen LogP contribution in [0.15, 0.2) is 54.6 Å². The van der Waals surface area contributed by atoms with E-state index >= 15 is 0 Å². The third-order valence-electron chi connectivity index (χ3n) is 7.36. The molecule has 2 aromatic rings. The number of hydrogen-bond acceptors (Lipinski definition) is 8. The second kappa shape index (κ2) is 9.92. The predicted octanol–water partition coefficient (Wildman–Crippen LogP) is 3.71. The van der Waals surface area contributed by atoms with E-state index in [0.29, 0.717) is 5.56 Å². The van der Waals surface area contributed by atoms with E-state index in [2.05, 4.69) is 0 Å². The predicted molar refractivity (Wildman–Crippen MR) is 136 cm³/mol. The molecule has 204 valence electrons. The van der Waals surface area contributed by atoms with Crippen molar-refractivity contribution in [3.8, 4) is 0 Å². The van der Waals surface area contributed by atoms with Gasteiger partial charge in [-0.2, -0.15) is 0 Å². The van der Waals surface area contributed by atoms with Gasteiger partial charge in [-0.15, -0.1) is 0 Å². The van der Waals surface area contributed by atoms with E-state index in [1.54, 1.807) is 56.3 Å². The number of carbonyl (C=O) groups is 5. The van der Waals surface area contributed by atoms with Crippen molar-refractivity contribution < 1.29 is 38.2 Å². The van der Waals surface area contributed by atoms with E-state index < -0.39 is 65.6 Å². The van der Waals surface area contributed by atoms with Crippen molar-refractivity contribution in [3.63, 3.8) is 0 Å². The second-order valence-electron chi connectivity index (χ2n) is 11.0. The molecule has 3 aliphatic rings. The van der Waals surface area contributed by atoms with Crippen molar-refractivity contribution in [3.05, 3.63) is 71.3 Å². The highest BCUT2D eigenvalue weighted by molar-refractivity contribution is 6.23. The lowest BCUT2D eigenvalue weighted by molar-refractivity contribution is -0.196. The number of cyclic esters (lactones) is 2. The molecule has 0 bridgehead atoms. The topological polar surface area (TPSA) is 120 Å². The minimum atomic E-state index is -1.25. The molecule has 39 heavy (non-hydrogen) atoms. The summed E-state index contributed by atoms with van der Waals surface area (Å²) in [6, 6.07) is 13.2. The van der Waals surface area contributed by atoms with Gasteiger partial charge in [0.25, 0.3) is 17.7 Å². The third kappa shape index (κ3) is 4.58. The maximum Gasteiger partial charge on any atom is 0.419 e. The highest BCUT2D eigenvalue weighted by atomic mass is 16.7. The molecule has 3 aliphatic heterocycles. The number of benzene rings is 2. The van der Waals surface area contributed by atoms with Crippen LogP contribution in [0.25, 0.3) is 0 Å². The Labute approximate surface area is 225 Å². The maximum absolute atomic E-state index is 14.1. The van der Waals surface area contributed by atoms with Gasteiger partial charge in [-0.1, -0.05) is 70.2 Å². The Morgan fingerprint density at radius 3 is 2.08 bits per heavy atom. The van der Waals surface area contributed by atoms with E-state index in [4.69, 9.17) is 14.2 Å². The van der Waals surface area contributed by atoms with Crippen LogP contribution in [0.1, 0.15) is 66.4 Å². The van der Waals surface area contributed by atoms with Crippen LogP contribution in [-0.4, -0.2) is 64.6 Å². The van der Waals surface area contributed by atoms with Crippen LogP contribution in [0.5, 0.6) is 0 Å². The smallest absolute Gasteiger partial charge is 0.419 e. The lowest BCUT2D eigenvalue weighted by atomic mass is 9.89. The van der Waals surface area contributed by atoms with Crippen molar-refractivity contribution in [1.82, 2.24) is 9.80 Å². The zero-order valence-corrected chi connectivity index (χ0v) is 22.2.